The topological polar surface area (TPSA) is 21.3 Å². The Labute approximate surface area is 37.5 Å². The van der Waals surface area contributed by atoms with Crippen LogP contribution in [0.15, 0.2) is 0 Å². The van der Waals surface area contributed by atoms with E-state index in [0.717, 1.165) is 6.54 Å². The first-order valence-electron chi connectivity index (χ1n) is 2.03. The number of ether oxygens (including phenoxy) is 1. The average Bonchev–Trinajstić information content (AvgIpc) is 1.31. The van der Waals surface area contributed by atoms with Gasteiger partial charge in [-0.3, -0.25) is 5.32 Å². The Balaban J connectivity index is 2.01. The lowest BCUT2D eigenvalue weighted by molar-refractivity contribution is 0.0672. The minimum absolute atomic E-state index is 0.241. The Bertz CT molecular complexity index is 40.1. The van der Waals surface area contributed by atoms with Crippen LogP contribution in [-0.2, 0) is 4.74 Å². The first-order valence-corrected chi connectivity index (χ1v) is 2.03. The zero-order valence-corrected chi connectivity index (χ0v) is 3.77. The van der Waals surface area contributed by atoms with Crippen molar-refractivity contribution >= 4 is 0 Å². The van der Waals surface area contributed by atoms with Gasteiger partial charge in [-0.25, -0.2) is 0 Å². The maximum absolute atomic E-state index is 4.82. The molecule has 1 heterocycles. The van der Waals surface area contributed by atoms with E-state index in [0.29, 0.717) is 0 Å². The van der Waals surface area contributed by atoms with Crippen molar-refractivity contribution < 1.29 is 4.74 Å². The summed E-state index contributed by atoms with van der Waals surface area (Å²) in [4.78, 5) is 0. The largest absolute Gasteiger partial charge is 0.366 e. The molecule has 1 radical (unpaired) electrons. The Morgan fingerprint density at radius 1 is 2.00 bits per heavy atom. The van der Waals surface area contributed by atoms with Gasteiger partial charge in [-0.2, -0.15) is 0 Å². The average molecular weight is 86.1 g/mol. The van der Waals surface area contributed by atoms with E-state index in [1.165, 1.54) is 0 Å². The van der Waals surface area contributed by atoms with Gasteiger partial charge >= 0.3 is 0 Å². The van der Waals surface area contributed by atoms with Crippen molar-refractivity contribution in [3.8, 4) is 0 Å². The Hall–Kier alpha value is -0.0800. The fraction of sp³-hybridized carbons (Fsp3) is 0.750. The van der Waals surface area contributed by atoms with Crippen LogP contribution in [0.1, 0.15) is 0 Å². The fourth-order valence-corrected chi connectivity index (χ4v) is 0.394. The van der Waals surface area contributed by atoms with E-state index >= 15 is 0 Å². The quantitative estimate of drug-likeness (QED) is 0.476. The number of hydrogen-bond acceptors (Lipinski definition) is 2. The summed E-state index contributed by atoms with van der Waals surface area (Å²) in [5, 5.41) is 3.02. The van der Waals surface area contributed by atoms with Crippen molar-refractivity contribution in [2.45, 2.75) is 6.23 Å². The molecular weight excluding hydrogens is 78.0 g/mol. The third kappa shape index (κ3) is 0.533. The summed E-state index contributed by atoms with van der Waals surface area (Å²) in [5.74, 6) is 0. The number of hydrogen-bond donors (Lipinski definition) is 1. The first-order chi connectivity index (χ1) is 2.93. The minimum atomic E-state index is 0.241. The lowest BCUT2D eigenvalue weighted by atomic mass is 10.2. The van der Waals surface area contributed by atoms with Crippen molar-refractivity contribution in [2.24, 2.45) is 0 Å². The van der Waals surface area contributed by atoms with Gasteiger partial charge in [-0.1, -0.05) is 0 Å². The summed E-state index contributed by atoms with van der Waals surface area (Å²) in [6.45, 7) is 0.999. The zero-order valence-electron chi connectivity index (χ0n) is 3.77. The van der Waals surface area contributed by atoms with Gasteiger partial charge < -0.3 is 4.74 Å². The maximum atomic E-state index is 4.82. The second kappa shape index (κ2) is 1.58. The van der Waals surface area contributed by atoms with Crippen LogP contribution in [0.2, 0.25) is 0 Å². The van der Waals surface area contributed by atoms with Gasteiger partial charge in [0.1, 0.15) is 6.23 Å². The van der Waals surface area contributed by atoms with Crippen LogP contribution < -0.4 is 5.32 Å². The molecule has 2 nitrogen and oxygen atoms in total. The van der Waals surface area contributed by atoms with E-state index in [1.807, 2.05) is 0 Å². The maximum Gasteiger partial charge on any atom is 0.112 e. The fourth-order valence-electron chi connectivity index (χ4n) is 0.394. The molecule has 0 amide bonds. The highest BCUT2D eigenvalue weighted by Gasteiger charge is 2.13. The predicted octanol–water partition coefficient (Wildman–Crippen LogP) is -0.234. The van der Waals surface area contributed by atoms with Crippen molar-refractivity contribution in [1.29, 1.82) is 0 Å². The van der Waals surface area contributed by atoms with Crippen molar-refractivity contribution in [1.82, 2.24) is 5.32 Å². The molecule has 0 aliphatic carbocycles. The van der Waals surface area contributed by atoms with Gasteiger partial charge in [-0.05, 0) is 0 Å². The standard InChI is InChI=1S/C4H8NO/c1-6-4-2-3-5-4/h2,4-5H,3H2,1H3. The normalized spacial score (nSPS) is 32.5. The third-order valence-corrected chi connectivity index (χ3v) is 0.905. The molecule has 0 saturated carbocycles. The Morgan fingerprint density at radius 3 is 2.67 bits per heavy atom. The number of rotatable bonds is 1. The number of methoxy groups -OCH3 is 1. The molecule has 0 aromatic heterocycles. The molecule has 1 rings (SSSR count). The van der Waals surface area contributed by atoms with Crippen LogP contribution in [0.4, 0.5) is 0 Å². The van der Waals surface area contributed by atoms with E-state index in [2.05, 4.69) is 11.7 Å². The lowest BCUT2D eigenvalue weighted by Crippen LogP contribution is -2.44. The molecule has 1 saturated heterocycles. The summed E-state index contributed by atoms with van der Waals surface area (Å²) in [7, 11) is 1.69. The van der Waals surface area contributed by atoms with Gasteiger partial charge in [0.15, 0.2) is 0 Å². The summed E-state index contributed by atoms with van der Waals surface area (Å²) in [5.41, 5.74) is 0. The van der Waals surface area contributed by atoms with Gasteiger partial charge in [0.25, 0.3) is 0 Å². The second-order valence-electron chi connectivity index (χ2n) is 1.30. The second-order valence-corrected chi connectivity index (χ2v) is 1.30. The molecule has 6 heavy (non-hydrogen) atoms. The summed E-state index contributed by atoms with van der Waals surface area (Å²) < 4.78 is 4.82. The molecule has 0 aromatic carbocycles. The highest BCUT2D eigenvalue weighted by Crippen LogP contribution is 1.97. The van der Waals surface area contributed by atoms with E-state index in [4.69, 9.17) is 4.74 Å². The van der Waals surface area contributed by atoms with Gasteiger partial charge in [0.05, 0.1) is 0 Å². The molecule has 0 bridgehead atoms. The van der Waals surface area contributed by atoms with Crippen LogP contribution in [0.25, 0.3) is 0 Å². The Kier molecular flexibility index (Phi) is 1.08. The minimum Gasteiger partial charge on any atom is -0.366 e. The van der Waals surface area contributed by atoms with Gasteiger partial charge in [-0.15, -0.1) is 0 Å². The van der Waals surface area contributed by atoms with Crippen molar-refractivity contribution in [3.63, 3.8) is 0 Å². The van der Waals surface area contributed by atoms with Crippen molar-refractivity contribution in [3.05, 3.63) is 6.42 Å². The smallest absolute Gasteiger partial charge is 0.112 e. The summed E-state index contributed by atoms with van der Waals surface area (Å²) >= 11 is 0. The molecular formula is C4H8NO. The molecule has 2 heteroatoms. The van der Waals surface area contributed by atoms with Crippen LogP contribution in [0.3, 0.4) is 0 Å². The van der Waals surface area contributed by atoms with Gasteiger partial charge in [0.2, 0.25) is 0 Å². The third-order valence-electron chi connectivity index (χ3n) is 0.905. The Morgan fingerprint density at radius 2 is 2.67 bits per heavy atom. The summed E-state index contributed by atoms with van der Waals surface area (Å²) in [6.07, 6.45) is 2.31. The SMILES string of the molecule is COC1[CH]CN1. The van der Waals surface area contributed by atoms with Crippen LogP contribution in [0.5, 0.6) is 0 Å². The molecule has 1 aliphatic heterocycles. The molecule has 1 aliphatic rings. The molecule has 0 aromatic rings. The molecule has 1 unspecified atom stereocenters. The summed E-state index contributed by atoms with van der Waals surface area (Å²) in [6, 6.07) is 0. The molecule has 1 N–H and O–H groups in total. The molecule has 0 spiro atoms. The first kappa shape index (κ1) is 4.09. The predicted molar refractivity (Wildman–Crippen MR) is 23.1 cm³/mol. The highest BCUT2D eigenvalue weighted by molar-refractivity contribution is 4.87. The van der Waals surface area contributed by atoms with E-state index in [-0.39, 0.29) is 6.23 Å². The van der Waals surface area contributed by atoms with E-state index in [1.54, 1.807) is 7.11 Å². The van der Waals surface area contributed by atoms with E-state index in [9.17, 15) is 0 Å². The van der Waals surface area contributed by atoms with Crippen LogP contribution in [-0.4, -0.2) is 19.9 Å². The highest BCUT2D eigenvalue weighted by atomic mass is 16.5. The molecule has 1 atom stereocenters. The van der Waals surface area contributed by atoms with Crippen molar-refractivity contribution in [2.75, 3.05) is 13.7 Å². The lowest BCUT2D eigenvalue weighted by Gasteiger charge is -2.24. The number of nitrogens with one attached hydrogen (secondary N) is 1. The molecule has 1 fully saturated rings. The van der Waals surface area contributed by atoms with E-state index < -0.39 is 0 Å². The van der Waals surface area contributed by atoms with Gasteiger partial charge in [0, 0.05) is 20.1 Å². The van der Waals surface area contributed by atoms with Crippen LogP contribution in [0, 0.1) is 6.42 Å². The monoisotopic (exact) mass is 86.1 g/mol. The van der Waals surface area contributed by atoms with Crippen LogP contribution >= 0.6 is 0 Å². The zero-order chi connectivity index (χ0) is 4.41. The molecule has 35 valence electrons.